The highest BCUT2D eigenvalue weighted by Crippen LogP contribution is 2.28. The lowest BCUT2D eigenvalue weighted by atomic mass is 9.98. The lowest BCUT2D eigenvalue weighted by Gasteiger charge is -2.07. The van der Waals surface area contributed by atoms with Crippen molar-refractivity contribution in [2.45, 2.75) is 6.92 Å². The summed E-state index contributed by atoms with van der Waals surface area (Å²) in [5.41, 5.74) is 6.92. The van der Waals surface area contributed by atoms with Crippen LogP contribution in [-0.2, 0) is 0 Å². The van der Waals surface area contributed by atoms with Gasteiger partial charge in [0.1, 0.15) is 5.65 Å². The van der Waals surface area contributed by atoms with Crippen molar-refractivity contribution in [3.63, 3.8) is 0 Å². The maximum Gasteiger partial charge on any atom is 0.137 e. The predicted molar refractivity (Wildman–Crippen MR) is 95.5 cm³/mol. The molecule has 0 aliphatic rings. The van der Waals surface area contributed by atoms with E-state index in [2.05, 4.69) is 46.6 Å². The van der Waals surface area contributed by atoms with Crippen molar-refractivity contribution in [1.82, 2.24) is 9.38 Å². The highest BCUT2D eigenvalue weighted by Gasteiger charge is 2.09. The van der Waals surface area contributed by atoms with Crippen LogP contribution >= 0.6 is 0 Å². The van der Waals surface area contributed by atoms with E-state index in [-0.39, 0.29) is 0 Å². The molecule has 2 aromatic heterocycles. The minimum absolute atomic E-state index is 0.684. The molecule has 2 aromatic carbocycles. The van der Waals surface area contributed by atoms with Gasteiger partial charge >= 0.3 is 0 Å². The van der Waals surface area contributed by atoms with Gasteiger partial charge in [-0.15, -0.1) is 0 Å². The number of aromatic nitrogens is 2. The molecule has 0 bridgehead atoms. The Hall–Kier alpha value is -3.38. The standard InChI is InChI=1S/C21H15N3/c1-15-9-10-24-20(14-23-21(24)11-15)17-7-4-6-16(12-17)19-8-3-2-5-18(19)13-22/h2-12,14H,1H3. The van der Waals surface area contributed by atoms with E-state index in [4.69, 9.17) is 0 Å². The molecule has 2 heterocycles. The summed E-state index contributed by atoms with van der Waals surface area (Å²) >= 11 is 0. The zero-order chi connectivity index (χ0) is 16.5. The molecule has 0 N–H and O–H groups in total. The van der Waals surface area contributed by atoms with Crippen LogP contribution in [0.4, 0.5) is 0 Å². The highest BCUT2D eigenvalue weighted by molar-refractivity contribution is 5.76. The second-order valence-electron chi connectivity index (χ2n) is 5.81. The molecule has 3 nitrogen and oxygen atoms in total. The van der Waals surface area contributed by atoms with E-state index < -0.39 is 0 Å². The summed E-state index contributed by atoms with van der Waals surface area (Å²) in [5.74, 6) is 0. The number of aryl methyl sites for hydroxylation is 1. The summed E-state index contributed by atoms with van der Waals surface area (Å²) in [5, 5.41) is 9.34. The van der Waals surface area contributed by atoms with Gasteiger partial charge in [-0.2, -0.15) is 5.26 Å². The zero-order valence-electron chi connectivity index (χ0n) is 13.3. The van der Waals surface area contributed by atoms with Gasteiger partial charge in [0.15, 0.2) is 0 Å². The first kappa shape index (κ1) is 14.2. The second kappa shape index (κ2) is 5.68. The highest BCUT2D eigenvalue weighted by atomic mass is 15.0. The minimum atomic E-state index is 0.684. The molecule has 4 rings (SSSR count). The number of nitrogens with zero attached hydrogens (tertiary/aromatic N) is 3. The number of pyridine rings is 1. The summed E-state index contributed by atoms with van der Waals surface area (Å²) < 4.78 is 2.09. The van der Waals surface area contributed by atoms with Gasteiger partial charge in [0, 0.05) is 11.8 Å². The van der Waals surface area contributed by atoms with Crippen LogP contribution in [-0.4, -0.2) is 9.38 Å². The SMILES string of the molecule is Cc1ccn2c(-c3cccc(-c4ccccc4C#N)c3)cnc2c1. The quantitative estimate of drug-likeness (QED) is 0.531. The molecule has 0 aliphatic carbocycles. The Balaban J connectivity index is 1.87. The molecule has 114 valence electrons. The molecular formula is C21H15N3. The van der Waals surface area contributed by atoms with Crippen molar-refractivity contribution in [1.29, 1.82) is 5.26 Å². The summed E-state index contributed by atoms with van der Waals surface area (Å²) in [6.45, 7) is 2.06. The van der Waals surface area contributed by atoms with Crippen molar-refractivity contribution in [3.05, 3.63) is 84.2 Å². The Labute approximate surface area is 140 Å². The lowest BCUT2D eigenvalue weighted by molar-refractivity contribution is 1.17. The molecule has 0 amide bonds. The normalized spacial score (nSPS) is 10.7. The van der Waals surface area contributed by atoms with E-state index in [1.807, 2.05) is 48.8 Å². The van der Waals surface area contributed by atoms with Gasteiger partial charge < -0.3 is 0 Å². The van der Waals surface area contributed by atoms with E-state index in [0.717, 1.165) is 28.0 Å². The van der Waals surface area contributed by atoms with Gasteiger partial charge in [-0.1, -0.05) is 36.4 Å². The van der Waals surface area contributed by atoms with Crippen LogP contribution < -0.4 is 0 Å². The smallest absolute Gasteiger partial charge is 0.137 e. The van der Waals surface area contributed by atoms with Crippen LogP contribution in [0.5, 0.6) is 0 Å². The number of fused-ring (bicyclic) bond motifs is 1. The maximum absolute atomic E-state index is 9.34. The van der Waals surface area contributed by atoms with Crippen molar-refractivity contribution >= 4 is 5.65 Å². The number of nitriles is 1. The average molecular weight is 309 g/mol. The second-order valence-corrected chi connectivity index (χ2v) is 5.81. The molecule has 0 saturated heterocycles. The van der Waals surface area contributed by atoms with Gasteiger partial charge in [-0.3, -0.25) is 4.40 Å². The third-order valence-corrected chi connectivity index (χ3v) is 4.19. The number of benzene rings is 2. The Kier molecular flexibility index (Phi) is 3.36. The molecule has 3 heteroatoms. The van der Waals surface area contributed by atoms with E-state index in [1.54, 1.807) is 0 Å². The average Bonchev–Trinajstić information content (AvgIpc) is 3.04. The number of rotatable bonds is 2. The molecule has 0 radical (unpaired) electrons. The topological polar surface area (TPSA) is 41.1 Å². The van der Waals surface area contributed by atoms with E-state index >= 15 is 0 Å². The Morgan fingerprint density at radius 3 is 2.67 bits per heavy atom. The van der Waals surface area contributed by atoms with Crippen molar-refractivity contribution in [3.8, 4) is 28.5 Å². The minimum Gasteiger partial charge on any atom is -0.300 e. The van der Waals surface area contributed by atoms with Crippen LogP contribution in [0.3, 0.4) is 0 Å². The fraction of sp³-hybridized carbons (Fsp3) is 0.0476. The van der Waals surface area contributed by atoms with Crippen LogP contribution in [0, 0.1) is 18.3 Å². The number of imidazole rings is 1. The first-order valence-corrected chi connectivity index (χ1v) is 7.80. The summed E-state index contributed by atoms with van der Waals surface area (Å²) in [4.78, 5) is 4.50. The fourth-order valence-corrected chi connectivity index (χ4v) is 2.97. The van der Waals surface area contributed by atoms with E-state index in [1.165, 1.54) is 5.56 Å². The maximum atomic E-state index is 9.34. The van der Waals surface area contributed by atoms with Crippen LogP contribution in [0.25, 0.3) is 28.0 Å². The summed E-state index contributed by atoms with van der Waals surface area (Å²) in [6, 6.07) is 22.3. The Bertz CT molecular complexity index is 1080. The largest absolute Gasteiger partial charge is 0.300 e. The Morgan fingerprint density at radius 2 is 1.79 bits per heavy atom. The molecule has 4 aromatic rings. The van der Waals surface area contributed by atoms with Gasteiger partial charge in [-0.05, 0) is 47.9 Å². The molecule has 0 spiro atoms. The number of hydrogen-bond donors (Lipinski definition) is 0. The third kappa shape index (κ3) is 2.35. The van der Waals surface area contributed by atoms with Gasteiger partial charge in [0.05, 0.1) is 23.5 Å². The van der Waals surface area contributed by atoms with Crippen LogP contribution in [0.1, 0.15) is 11.1 Å². The monoisotopic (exact) mass is 309 g/mol. The van der Waals surface area contributed by atoms with Gasteiger partial charge in [0.2, 0.25) is 0 Å². The molecule has 0 unspecified atom stereocenters. The van der Waals surface area contributed by atoms with Gasteiger partial charge in [0.25, 0.3) is 0 Å². The molecule has 0 atom stereocenters. The van der Waals surface area contributed by atoms with Crippen LogP contribution in [0.15, 0.2) is 73.1 Å². The van der Waals surface area contributed by atoms with Crippen molar-refractivity contribution in [2.24, 2.45) is 0 Å². The number of hydrogen-bond acceptors (Lipinski definition) is 2. The van der Waals surface area contributed by atoms with Crippen LogP contribution in [0.2, 0.25) is 0 Å². The predicted octanol–water partition coefficient (Wildman–Crippen LogP) is 4.85. The lowest BCUT2D eigenvalue weighted by Crippen LogP contribution is -1.90. The molecular weight excluding hydrogens is 294 g/mol. The van der Waals surface area contributed by atoms with Crippen molar-refractivity contribution in [2.75, 3.05) is 0 Å². The summed E-state index contributed by atoms with van der Waals surface area (Å²) in [6.07, 6.45) is 3.94. The van der Waals surface area contributed by atoms with Gasteiger partial charge in [-0.25, -0.2) is 4.98 Å². The molecule has 0 fully saturated rings. The first-order valence-electron chi connectivity index (χ1n) is 7.80. The van der Waals surface area contributed by atoms with E-state index in [9.17, 15) is 5.26 Å². The molecule has 0 saturated carbocycles. The fourth-order valence-electron chi connectivity index (χ4n) is 2.97. The molecule has 24 heavy (non-hydrogen) atoms. The zero-order valence-corrected chi connectivity index (χ0v) is 13.3. The summed E-state index contributed by atoms with van der Waals surface area (Å²) in [7, 11) is 0. The third-order valence-electron chi connectivity index (χ3n) is 4.19. The van der Waals surface area contributed by atoms with E-state index in [0.29, 0.717) is 5.56 Å². The van der Waals surface area contributed by atoms with Crippen molar-refractivity contribution < 1.29 is 0 Å². The molecule has 0 aliphatic heterocycles. The Morgan fingerprint density at radius 1 is 0.958 bits per heavy atom. The first-order chi connectivity index (χ1) is 11.8.